The zero-order valence-electron chi connectivity index (χ0n) is 19.0. The molecule has 4 aromatic carbocycles. The summed E-state index contributed by atoms with van der Waals surface area (Å²) in [6.07, 6.45) is 0.475. The van der Waals surface area contributed by atoms with Crippen molar-refractivity contribution in [1.82, 2.24) is 0 Å². The second-order valence-corrected chi connectivity index (χ2v) is 12.6. The maximum Gasteiger partial charge on any atom is 0.264 e. The molecule has 0 saturated heterocycles. The second-order valence-electron chi connectivity index (χ2n) is 8.72. The summed E-state index contributed by atoms with van der Waals surface area (Å²) in [5.41, 5.74) is 3.41. The topological polar surface area (TPSA) is 71.5 Å². The molecular weight excluding hydrogens is 478 g/mol. The van der Waals surface area contributed by atoms with Crippen LogP contribution in [0.2, 0.25) is 0 Å². The Labute approximate surface area is 206 Å². The van der Waals surface area contributed by atoms with E-state index >= 15 is 0 Å². The fourth-order valence-electron chi connectivity index (χ4n) is 4.60. The molecule has 0 bridgehead atoms. The van der Waals surface area contributed by atoms with Crippen LogP contribution in [0.25, 0.3) is 11.1 Å². The van der Waals surface area contributed by atoms with Gasteiger partial charge in [-0.3, -0.25) is 4.31 Å². The first-order valence-corrected chi connectivity index (χ1v) is 14.5. The minimum Gasteiger partial charge on any atom is -0.266 e. The molecule has 1 aliphatic heterocycles. The number of rotatable bonds is 6. The molecule has 1 unspecified atom stereocenters. The maximum absolute atomic E-state index is 13.7. The van der Waals surface area contributed by atoms with Crippen molar-refractivity contribution in [3.63, 3.8) is 0 Å². The van der Waals surface area contributed by atoms with Crippen LogP contribution in [-0.4, -0.2) is 29.1 Å². The molecule has 0 aliphatic carbocycles. The van der Waals surface area contributed by atoms with Crippen LogP contribution in [0, 0.1) is 5.92 Å². The summed E-state index contributed by atoms with van der Waals surface area (Å²) in [5.74, 6) is -0.524. The van der Waals surface area contributed by atoms with Gasteiger partial charge in [-0.2, -0.15) is 0 Å². The third-order valence-electron chi connectivity index (χ3n) is 6.28. The maximum atomic E-state index is 13.7. The summed E-state index contributed by atoms with van der Waals surface area (Å²) < 4.78 is 55.0. The zero-order valence-corrected chi connectivity index (χ0v) is 20.6. The van der Waals surface area contributed by atoms with Gasteiger partial charge in [0.25, 0.3) is 10.0 Å². The summed E-state index contributed by atoms with van der Waals surface area (Å²) in [5, 5.41) is 0. The highest BCUT2D eigenvalue weighted by Crippen LogP contribution is 2.37. The van der Waals surface area contributed by atoms with Crippen LogP contribution in [-0.2, 0) is 26.3 Å². The van der Waals surface area contributed by atoms with Crippen LogP contribution in [0.1, 0.15) is 5.56 Å². The van der Waals surface area contributed by atoms with Crippen LogP contribution in [0.3, 0.4) is 0 Å². The van der Waals surface area contributed by atoms with Crippen molar-refractivity contribution in [3.05, 3.63) is 115 Å². The molecule has 0 saturated carbocycles. The lowest BCUT2D eigenvalue weighted by molar-refractivity contribution is 0.529. The van der Waals surface area contributed by atoms with Crippen LogP contribution >= 0.6 is 0 Å². The summed E-state index contributed by atoms with van der Waals surface area (Å²) in [4.78, 5) is 0.436. The van der Waals surface area contributed by atoms with E-state index in [4.69, 9.17) is 0 Å². The van der Waals surface area contributed by atoms with E-state index in [0.29, 0.717) is 12.1 Å². The summed E-state index contributed by atoms with van der Waals surface area (Å²) in [6.45, 7) is 0.0982. The predicted octanol–water partition coefficient (Wildman–Crippen LogP) is 5.20. The van der Waals surface area contributed by atoms with Gasteiger partial charge >= 0.3 is 0 Å². The van der Waals surface area contributed by atoms with Gasteiger partial charge in [-0.1, -0.05) is 72.8 Å². The molecule has 5 rings (SSSR count). The quantitative estimate of drug-likeness (QED) is 0.363. The van der Waals surface area contributed by atoms with Crippen molar-refractivity contribution < 1.29 is 16.8 Å². The number of sulfonamides is 1. The first-order chi connectivity index (χ1) is 16.8. The number of anilines is 1. The van der Waals surface area contributed by atoms with Gasteiger partial charge in [-0.25, -0.2) is 16.8 Å². The van der Waals surface area contributed by atoms with Gasteiger partial charge in [0.15, 0.2) is 9.84 Å². The molecule has 0 N–H and O–H groups in total. The standard InChI is InChI=1S/C28H25NO4S2/c30-34(31,26-12-6-2-7-13-26)21-22-18-25-19-24(23-10-4-1-5-11-23)16-17-28(25)29(20-22)35(32,33)27-14-8-3-9-15-27/h1-17,19,22H,18,20-21H2. The van der Waals surface area contributed by atoms with Crippen molar-refractivity contribution in [1.29, 1.82) is 0 Å². The Hall–Kier alpha value is -3.42. The smallest absolute Gasteiger partial charge is 0.264 e. The van der Waals surface area contributed by atoms with Crippen molar-refractivity contribution in [3.8, 4) is 11.1 Å². The van der Waals surface area contributed by atoms with E-state index < -0.39 is 25.8 Å². The Morgan fingerprint density at radius 2 is 1.23 bits per heavy atom. The molecule has 0 fully saturated rings. The highest BCUT2D eigenvalue weighted by Gasteiger charge is 2.35. The molecule has 0 spiro atoms. The molecule has 35 heavy (non-hydrogen) atoms. The molecule has 7 heteroatoms. The van der Waals surface area contributed by atoms with Crippen LogP contribution in [0.15, 0.2) is 119 Å². The Morgan fingerprint density at radius 1 is 0.657 bits per heavy atom. The molecule has 1 atom stereocenters. The van der Waals surface area contributed by atoms with E-state index in [0.717, 1.165) is 16.7 Å². The number of fused-ring (bicyclic) bond motifs is 1. The Bertz CT molecular complexity index is 1540. The first-order valence-electron chi connectivity index (χ1n) is 11.4. The molecule has 5 nitrogen and oxygen atoms in total. The Balaban J connectivity index is 1.57. The van der Waals surface area contributed by atoms with Gasteiger partial charge in [-0.05, 0) is 65.4 Å². The largest absolute Gasteiger partial charge is 0.266 e. The molecule has 0 amide bonds. The molecule has 0 radical (unpaired) electrons. The minimum atomic E-state index is -3.87. The van der Waals surface area contributed by atoms with Crippen LogP contribution in [0.5, 0.6) is 0 Å². The minimum absolute atomic E-state index is 0.0982. The number of nitrogens with zero attached hydrogens (tertiary/aromatic N) is 1. The molecule has 0 aromatic heterocycles. The third kappa shape index (κ3) is 4.74. The van der Waals surface area contributed by atoms with E-state index in [2.05, 4.69) is 0 Å². The zero-order chi connectivity index (χ0) is 24.5. The molecule has 1 heterocycles. The van der Waals surface area contributed by atoms with E-state index in [9.17, 15) is 16.8 Å². The van der Waals surface area contributed by atoms with Crippen molar-refractivity contribution in [2.45, 2.75) is 16.2 Å². The van der Waals surface area contributed by atoms with E-state index in [1.54, 1.807) is 60.7 Å². The summed E-state index contributed by atoms with van der Waals surface area (Å²) in [6, 6.07) is 32.2. The average molecular weight is 504 g/mol. The summed E-state index contributed by atoms with van der Waals surface area (Å²) >= 11 is 0. The van der Waals surface area contributed by atoms with Crippen LogP contribution in [0.4, 0.5) is 5.69 Å². The lowest BCUT2D eigenvalue weighted by Crippen LogP contribution is -2.42. The fourth-order valence-corrected chi connectivity index (χ4v) is 7.81. The first kappa shape index (κ1) is 23.3. The monoisotopic (exact) mass is 503 g/mol. The normalized spacial score (nSPS) is 16.0. The molecular formula is C28H25NO4S2. The number of hydrogen-bond donors (Lipinski definition) is 0. The van der Waals surface area contributed by atoms with E-state index in [1.807, 2.05) is 48.5 Å². The van der Waals surface area contributed by atoms with Gasteiger partial charge in [0.2, 0.25) is 0 Å². The summed E-state index contributed by atoms with van der Waals surface area (Å²) in [7, 11) is -7.45. The highest BCUT2D eigenvalue weighted by atomic mass is 32.2. The Kier molecular flexibility index (Phi) is 6.21. The number of benzene rings is 4. The predicted molar refractivity (Wildman–Crippen MR) is 139 cm³/mol. The SMILES string of the molecule is O=S(=O)(CC1Cc2cc(-c3ccccc3)ccc2N(S(=O)(=O)c2ccccc2)C1)c1ccccc1. The van der Waals surface area contributed by atoms with Gasteiger partial charge < -0.3 is 0 Å². The average Bonchev–Trinajstić information content (AvgIpc) is 2.89. The van der Waals surface area contributed by atoms with Crippen LogP contribution < -0.4 is 4.31 Å². The lowest BCUT2D eigenvalue weighted by Gasteiger charge is -2.35. The van der Waals surface area contributed by atoms with Crippen molar-refractivity contribution in [2.24, 2.45) is 5.92 Å². The number of hydrogen-bond acceptors (Lipinski definition) is 4. The number of sulfone groups is 1. The highest BCUT2D eigenvalue weighted by molar-refractivity contribution is 7.93. The molecule has 178 valence electrons. The fraction of sp³-hybridized carbons (Fsp3) is 0.143. The van der Waals surface area contributed by atoms with Gasteiger partial charge in [0.1, 0.15) is 0 Å². The van der Waals surface area contributed by atoms with Gasteiger partial charge in [0.05, 0.1) is 21.2 Å². The lowest BCUT2D eigenvalue weighted by atomic mass is 9.92. The third-order valence-corrected chi connectivity index (χ3v) is 9.97. The van der Waals surface area contributed by atoms with Crippen molar-refractivity contribution in [2.75, 3.05) is 16.6 Å². The molecule has 4 aromatic rings. The van der Waals surface area contributed by atoms with Gasteiger partial charge in [-0.15, -0.1) is 0 Å². The van der Waals surface area contributed by atoms with E-state index in [1.165, 1.54) is 4.31 Å². The molecule has 1 aliphatic rings. The van der Waals surface area contributed by atoms with Gasteiger partial charge in [0, 0.05) is 6.54 Å². The Morgan fingerprint density at radius 3 is 1.86 bits per heavy atom. The second kappa shape index (κ2) is 9.32. The van der Waals surface area contributed by atoms with E-state index in [-0.39, 0.29) is 22.1 Å². The van der Waals surface area contributed by atoms with Crippen molar-refractivity contribution >= 4 is 25.5 Å².